The van der Waals surface area contributed by atoms with Gasteiger partial charge in [-0.25, -0.2) is 0 Å². The Morgan fingerprint density at radius 3 is 2.60 bits per heavy atom. The Morgan fingerprint density at radius 1 is 1.47 bits per heavy atom. The van der Waals surface area contributed by atoms with Gasteiger partial charge < -0.3 is 15.2 Å². The van der Waals surface area contributed by atoms with E-state index in [0.717, 1.165) is 12.8 Å². The molecule has 2 unspecified atom stereocenters. The van der Waals surface area contributed by atoms with E-state index < -0.39 is 0 Å². The zero-order valence-electron chi connectivity index (χ0n) is 9.79. The normalized spacial score (nSPS) is 14.7. The largest absolute Gasteiger partial charge is 0.468 e. The summed E-state index contributed by atoms with van der Waals surface area (Å²) in [6.45, 7) is 2.99. The van der Waals surface area contributed by atoms with Crippen LogP contribution in [0.3, 0.4) is 0 Å². The first-order valence-electron chi connectivity index (χ1n) is 5.18. The molecule has 0 bridgehead atoms. The van der Waals surface area contributed by atoms with Crippen molar-refractivity contribution < 1.29 is 14.3 Å². The molecule has 5 heteroatoms. The number of ether oxygens (including phenoxy) is 2. The molecule has 0 radical (unpaired) electrons. The summed E-state index contributed by atoms with van der Waals surface area (Å²) in [7, 11) is 3.02. The van der Waals surface area contributed by atoms with Crippen LogP contribution >= 0.6 is 0 Å². The number of hydrogen-bond donors (Lipinski definition) is 2. The topological polar surface area (TPSA) is 73.6 Å². The van der Waals surface area contributed by atoms with E-state index in [1.807, 2.05) is 0 Å². The van der Waals surface area contributed by atoms with E-state index in [9.17, 15) is 4.79 Å². The monoisotopic (exact) mass is 218 g/mol. The summed E-state index contributed by atoms with van der Waals surface area (Å²) in [4.78, 5) is 11.2. The maximum Gasteiger partial charge on any atom is 0.322 e. The second-order valence-electron chi connectivity index (χ2n) is 3.49. The van der Waals surface area contributed by atoms with Gasteiger partial charge in [0.1, 0.15) is 6.04 Å². The van der Waals surface area contributed by atoms with Gasteiger partial charge in [-0.2, -0.15) is 0 Å². The van der Waals surface area contributed by atoms with Crippen molar-refractivity contribution in [3.63, 3.8) is 0 Å². The maximum absolute atomic E-state index is 11.2. The van der Waals surface area contributed by atoms with Crippen LogP contribution in [0.4, 0.5) is 0 Å². The molecule has 0 aliphatic rings. The summed E-state index contributed by atoms with van der Waals surface area (Å²) in [6.07, 6.45) is 1.81. The van der Waals surface area contributed by atoms with Gasteiger partial charge in [-0.3, -0.25) is 10.1 Å². The van der Waals surface area contributed by atoms with Gasteiger partial charge in [0, 0.05) is 13.2 Å². The van der Waals surface area contributed by atoms with Crippen LogP contribution in [0.2, 0.25) is 0 Å². The summed E-state index contributed by atoms with van der Waals surface area (Å²) >= 11 is 0. The highest BCUT2D eigenvalue weighted by Gasteiger charge is 2.17. The van der Waals surface area contributed by atoms with Crippen molar-refractivity contribution >= 4 is 5.97 Å². The van der Waals surface area contributed by atoms with Crippen molar-refractivity contribution in [2.24, 2.45) is 5.73 Å². The maximum atomic E-state index is 11.2. The Kier molecular flexibility index (Phi) is 8.27. The molecule has 0 amide bonds. The molecular weight excluding hydrogens is 196 g/mol. The van der Waals surface area contributed by atoms with Gasteiger partial charge in [0.05, 0.1) is 13.7 Å². The Labute approximate surface area is 91.3 Å². The number of methoxy groups -OCH3 is 2. The fourth-order valence-electron chi connectivity index (χ4n) is 1.38. The van der Waals surface area contributed by atoms with E-state index in [4.69, 9.17) is 10.5 Å². The third kappa shape index (κ3) is 6.43. The van der Waals surface area contributed by atoms with E-state index in [2.05, 4.69) is 10.1 Å². The Hall–Kier alpha value is -0.650. The number of esters is 1. The first kappa shape index (κ1) is 14.3. The highest BCUT2D eigenvalue weighted by atomic mass is 16.5. The van der Waals surface area contributed by atoms with Crippen molar-refractivity contribution in [1.29, 1.82) is 0 Å². The molecule has 5 nitrogen and oxygen atoms in total. The lowest BCUT2D eigenvalue weighted by molar-refractivity contribution is -0.142. The van der Waals surface area contributed by atoms with Gasteiger partial charge in [0.15, 0.2) is 0 Å². The highest BCUT2D eigenvalue weighted by Crippen LogP contribution is 1.99. The number of carbonyl (C=O) groups excluding carboxylic acids is 1. The van der Waals surface area contributed by atoms with E-state index in [1.54, 1.807) is 14.0 Å². The van der Waals surface area contributed by atoms with Gasteiger partial charge in [0.25, 0.3) is 0 Å². The van der Waals surface area contributed by atoms with Gasteiger partial charge >= 0.3 is 5.97 Å². The predicted molar refractivity (Wildman–Crippen MR) is 58.6 cm³/mol. The SMILES string of the molecule is COCC(CCCN)NC(C)C(=O)OC. The number of nitrogens with one attached hydrogen (secondary N) is 1. The Bertz CT molecular complexity index is 176. The molecule has 0 saturated heterocycles. The van der Waals surface area contributed by atoms with Crippen LogP contribution in [0.1, 0.15) is 19.8 Å². The van der Waals surface area contributed by atoms with Crippen molar-refractivity contribution in [3.8, 4) is 0 Å². The van der Waals surface area contributed by atoms with Crippen LogP contribution in [-0.2, 0) is 14.3 Å². The Balaban J connectivity index is 3.96. The van der Waals surface area contributed by atoms with Crippen LogP contribution in [-0.4, -0.2) is 45.4 Å². The number of hydrogen-bond acceptors (Lipinski definition) is 5. The standard InChI is InChI=1S/C10H22N2O3/c1-8(10(13)15-3)12-9(7-14-2)5-4-6-11/h8-9,12H,4-7,11H2,1-3H3. The molecule has 0 rings (SSSR count). The van der Waals surface area contributed by atoms with E-state index in [0.29, 0.717) is 13.2 Å². The molecule has 2 atom stereocenters. The van der Waals surface area contributed by atoms with Crippen molar-refractivity contribution in [3.05, 3.63) is 0 Å². The molecule has 90 valence electrons. The summed E-state index contributed by atoms with van der Waals surface area (Å²) in [5.74, 6) is -0.260. The van der Waals surface area contributed by atoms with Crippen LogP contribution in [0.15, 0.2) is 0 Å². The minimum absolute atomic E-state index is 0.146. The quantitative estimate of drug-likeness (QED) is 0.556. The lowest BCUT2D eigenvalue weighted by Gasteiger charge is -2.21. The average molecular weight is 218 g/mol. The molecule has 0 fully saturated rings. The Morgan fingerprint density at radius 2 is 2.13 bits per heavy atom. The van der Waals surface area contributed by atoms with Gasteiger partial charge in [-0.1, -0.05) is 0 Å². The smallest absolute Gasteiger partial charge is 0.322 e. The minimum atomic E-state index is -0.312. The fraction of sp³-hybridized carbons (Fsp3) is 0.900. The zero-order valence-corrected chi connectivity index (χ0v) is 9.79. The molecule has 0 spiro atoms. The van der Waals surface area contributed by atoms with Crippen molar-refractivity contribution in [2.45, 2.75) is 31.8 Å². The predicted octanol–water partition coefficient (Wildman–Crippen LogP) is -0.109. The third-order valence-electron chi connectivity index (χ3n) is 2.17. The number of carbonyl (C=O) groups is 1. The van der Waals surface area contributed by atoms with Crippen LogP contribution in [0, 0.1) is 0 Å². The molecule has 0 aliphatic carbocycles. The molecule has 0 aromatic heterocycles. The summed E-state index contributed by atoms with van der Waals surface area (Å²) < 4.78 is 9.69. The lowest BCUT2D eigenvalue weighted by Crippen LogP contribution is -2.44. The van der Waals surface area contributed by atoms with Gasteiger partial charge in [-0.15, -0.1) is 0 Å². The lowest BCUT2D eigenvalue weighted by atomic mass is 10.1. The van der Waals surface area contributed by atoms with E-state index in [-0.39, 0.29) is 18.1 Å². The minimum Gasteiger partial charge on any atom is -0.468 e. The summed E-state index contributed by atoms with van der Waals surface area (Å²) in [6, 6.07) is -0.166. The molecule has 0 saturated carbocycles. The summed E-state index contributed by atoms with van der Waals surface area (Å²) in [5.41, 5.74) is 5.43. The van der Waals surface area contributed by atoms with E-state index in [1.165, 1.54) is 7.11 Å². The first-order chi connectivity index (χ1) is 7.15. The second kappa shape index (κ2) is 8.64. The van der Waals surface area contributed by atoms with Crippen LogP contribution in [0.5, 0.6) is 0 Å². The molecule has 0 aromatic rings. The second-order valence-corrected chi connectivity index (χ2v) is 3.49. The number of nitrogens with two attached hydrogens (primary N) is 1. The average Bonchev–Trinajstić information content (AvgIpc) is 2.24. The van der Waals surface area contributed by atoms with Gasteiger partial charge in [0.2, 0.25) is 0 Å². The fourth-order valence-corrected chi connectivity index (χ4v) is 1.38. The molecule has 0 heterocycles. The molecule has 15 heavy (non-hydrogen) atoms. The van der Waals surface area contributed by atoms with E-state index >= 15 is 0 Å². The van der Waals surface area contributed by atoms with Gasteiger partial charge in [-0.05, 0) is 26.3 Å². The molecular formula is C10H22N2O3. The molecule has 0 aromatic carbocycles. The zero-order chi connectivity index (χ0) is 11.7. The highest BCUT2D eigenvalue weighted by molar-refractivity contribution is 5.75. The van der Waals surface area contributed by atoms with Crippen LogP contribution in [0.25, 0.3) is 0 Å². The van der Waals surface area contributed by atoms with Crippen LogP contribution < -0.4 is 11.1 Å². The summed E-state index contributed by atoms with van der Waals surface area (Å²) in [5, 5.41) is 3.15. The molecule has 3 N–H and O–H groups in total. The van der Waals surface area contributed by atoms with Crippen molar-refractivity contribution in [1.82, 2.24) is 5.32 Å². The third-order valence-corrected chi connectivity index (χ3v) is 2.17. The van der Waals surface area contributed by atoms with Crippen molar-refractivity contribution in [2.75, 3.05) is 27.4 Å². The molecule has 0 aliphatic heterocycles. The number of rotatable bonds is 8. The first-order valence-corrected chi connectivity index (χ1v) is 5.18.